The summed E-state index contributed by atoms with van der Waals surface area (Å²) in [6.07, 6.45) is 10.5. The predicted molar refractivity (Wildman–Crippen MR) is 76.3 cm³/mol. The van der Waals surface area contributed by atoms with E-state index in [2.05, 4.69) is 11.9 Å². The van der Waals surface area contributed by atoms with Crippen LogP contribution in [0.2, 0.25) is 0 Å². The molecule has 0 aliphatic carbocycles. The molecule has 4 saturated heterocycles. The third kappa shape index (κ3) is 2.14. The van der Waals surface area contributed by atoms with Crippen molar-refractivity contribution in [2.45, 2.75) is 57.0 Å². The van der Waals surface area contributed by atoms with Crippen molar-refractivity contribution in [1.82, 2.24) is 4.90 Å². The minimum absolute atomic E-state index is 0. The van der Waals surface area contributed by atoms with Gasteiger partial charge in [0.2, 0.25) is 0 Å². The molecule has 19 heavy (non-hydrogen) atoms. The highest BCUT2D eigenvalue weighted by atomic mass is 16.0. The van der Waals surface area contributed by atoms with Crippen LogP contribution in [0.25, 0.3) is 0 Å². The van der Waals surface area contributed by atoms with Crippen molar-refractivity contribution in [3.05, 3.63) is 0 Å². The molecule has 0 spiro atoms. The van der Waals surface area contributed by atoms with Crippen LogP contribution in [0, 0.1) is 11.8 Å². The molecule has 0 aromatic rings. The van der Waals surface area contributed by atoms with Crippen LogP contribution in [0.3, 0.4) is 0 Å². The molecule has 2 bridgehead atoms. The summed E-state index contributed by atoms with van der Waals surface area (Å²) in [5, 5.41) is 0. The van der Waals surface area contributed by atoms with Gasteiger partial charge in [0.1, 0.15) is 0 Å². The summed E-state index contributed by atoms with van der Waals surface area (Å²) in [6, 6.07) is 1.98. The van der Waals surface area contributed by atoms with Gasteiger partial charge in [-0.2, -0.15) is 0 Å². The average molecular weight is 266 g/mol. The number of hydrogen-bond donors (Lipinski definition) is 0. The van der Waals surface area contributed by atoms with E-state index in [9.17, 15) is 0 Å². The molecular weight excluding hydrogens is 236 g/mol. The van der Waals surface area contributed by atoms with Crippen LogP contribution in [0.5, 0.6) is 0 Å². The van der Waals surface area contributed by atoms with Crippen molar-refractivity contribution in [1.29, 1.82) is 0 Å². The van der Waals surface area contributed by atoms with Crippen LogP contribution in [0.15, 0.2) is 0 Å². The van der Waals surface area contributed by atoms with E-state index in [1.54, 1.807) is 6.42 Å². The van der Waals surface area contributed by atoms with Crippen LogP contribution in [-0.4, -0.2) is 60.2 Å². The molecule has 0 radical (unpaired) electrons. The Balaban J connectivity index is 0.00000110. The summed E-state index contributed by atoms with van der Waals surface area (Å²) in [6.45, 7) is 5.83. The van der Waals surface area contributed by atoms with Gasteiger partial charge in [-0.1, -0.05) is 6.42 Å². The molecule has 5 atom stereocenters. The molecule has 3 nitrogen and oxygen atoms in total. The summed E-state index contributed by atoms with van der Waals surface area (Å²) in [5.74, 6) is 2.06. The molecule has 4 aliphatic rings. The normalized spacial score (nSPS) is 49.7. The second kappa shape index (κ2) is 5.01. The van der Waals surface area contributed by atoms with Crippen LogP contribution in [-0.2, 0) is 0 Å². The maximum atomic E-state index is 2.89. The van der Waals surface area contributed by atoms with E-state index in [0.29, 0.717) is 0 Å². The van der Waals surface area contributed by atoms with Gasteiger partial charge in [0.15, 0.2) is 0 Å². The zero-order valence-corrected chi connectivity index (χ0v) is 12.4. The first-order valence-corrected chi connectivity index (χ1v) is 8.34. The van der Waals surface area contributed by atoms with Crippen LogP contribution >= 0.6 is 0 Å². The Morgan fingerprint density at radius 2 is 1.84 bits per heavy atom. The molecule has 4 fully saturated rings. The molecule has 0 aromatic carbocycles. The lowest BCUT2D eigenvalue weighted by molar-refractivity contribution is -0.951. The van der Waals surface area contributed by atoms with E-state index in [4.69, 9.17) is 0 Å². The largest absolute Gasteiger partial charge is 0.870 e. The van der Waals surface area contributed by atoms with E-state index in [1.165, 1.54) is 69.2 Å². The fourth-order valence-electron chi connectivity index (χ4n) is 5.99. The quantitative estimate of drug-likeness (QED) is 0.630. The van der Waals surface area contributed by atoms with Gasteiger partial charge in [-0.15, -0.1) is 0 Å². The first-order chi connectivity index (χ1) is 8.76. The van der Waals surface area contributed by atoms with Crippen molar-refractivity contribution in [2.75, 3.05) is 33.2 Å². The van der Waals surface area contributed by atoms with Crippen molar-refractivity contribution >= 4 is 0 Å². The summed E-state index contributed by atoms with van der Waals surface area (Å²) in [7, 11) is 2.58. The Morgan fingerprint density at radius 1 is 1.00 bits per heavy atom. The highest BCUT2D eigenvalue weighted by molar-refractivity contribution is 4.96. The van der Waals surface area contributed by atoms with Gasteiger partial charge in [-0.25, -0.2) is 0 Å². The number of hydrogen-bond acceptors (Lipinski definition) is 2. The Morgan fingerprint density at radius 3 is 2.74 bits per heavy atom. The number of fused-ring (bicyclic) bond motifs is 6. The Bertz CT molecular complexity index is 335. The third-order valence-corrected chi connectivity index (χ3v) is 6.70. The molecule has 4 aliphatic heterocycles. The first-order valence-electron chi connectivity index (χ1n) is 8.34. The summed E-state index contributed by atoms with van der Waals surface area (Å²) >= 11 is 0. The van der Waals surface area contributed by atoms with E-state index in [-0.39, 0.29) is 5.48 Å². The average Bonchev–Trinajstić information content (AvgIpc) is 2.38. The monoisotopic (exact) mass is 266 g/mol. The number of quaternary nitrogens is 1. The van der Waals surface area contributed by atoms with Crippen molar-refractivity contribution < 1.29 is 9.96 Å². The molecule has 3 heteroatoms. The predicted octanol–water partition coefficient (Wildman–Crippen LogP) is 2.31. The topological polar surface area (TPSA) is 33.2 Å². The second-order valence-corrected chi connectivity index (χ2v) is 7.76. The smallest absolute Gasteiger partial charge is 0.0929 e. The van der Waals surface area contributed by atoms with Gasteiger partial charge >= 0.3 is 0 Å². The Labute approximate surface area is 117 Å². The lowest BCUT2D eigenvalue weighted by Crippen LogP contribution is -2.70. The molecule has 0 aromatic heterocycles. The number of nitrogens with zero attached hydrogens (tertiary/aromatic N) is 2. The van der Waals surface area contributed by atoms with Crippen LogP contribution in [0.1, 0.15) is 44.9 Å². The van der Waals surface area contributed by atoms with E-state index < -0.39 is 0 Å². The maximum absolute atomic E-state index is 2.89. The molecule has 5 unspecified atom stereocenters. The van der Waals surface area contributed by atoms with E-state index in [1.807, 2.05) is 0 Å². The Kier molecular flexibility index (Phi) is 3.65. The van der Waals surface area contributed by atoms with E-state index in [0.717, 1.165) is 23.9 Å². The fraction of sp³-hybridized carbons (Fsp3) is 1.00. The molecule has 110 valence electrons. The fourth-order valence-corrected chi connectivity index (χ4v) is 5.99. The van der Waals surface area contributed by atoms with Gasteiger partial charge in [-0.05, 0) is 45.1 Å². The molecule has 0 amide bonds. The molecule has 4 rings (SSSR count). The highest BCUT2D eigenvalue weighted by Crippen LogP contribution is 2.45. The zero-order chi connectivity index (χ0) is 12.2. The standard InChI is InChI=1S/C16H29N2.H2O/c1-18-9-5-3-7-16(18)13-10-14(12-18)15-6-2-4-8-17(15)11-13;/h13-16H,2-12H2,1H3;1H2/q+1;/p-1. The minimum Gasteiger partial charge on any atom is -0.870 e. The molecular formula is C16H30N2O. The number of piperidine rings is 4. The molecule has 1 N–H and O–H groups in total. The second-order valence-electron chi connectivity index (χ2n) is 7.76. The molecule has 4 heterocycles. The Hall–Kier alpha value is -0.120. The molecule has 0 saturated carbocycles. The zero-order valence-electron chi connectivity index (χ0n) is 12.4. The maximum Gasteiger partial charge on any atom is 0.0929 e. The highest BCUT2D eigenvalue weighted by Gasteiger charge is 2.53. The van der Waals surface area contributed by atoms with Crippen molar-refractivity contribution in [3.63, 3.8) is 0 Å². The van der Waals surface area contributed by atoms with Gasteiger partial charge in [0, 0.05) is 24.4 Å². The number of rotatable bonds is 0. The SMILES string of the molecule is C[N+]12CCCCC1C1CC(C2)C2CCCCN2C1.[OH-]. The van der Waals surface area contributed by atoms with Crippen molar-refractivity contribution in [2.24, 2.45) is 11.8 Å². The van der Waals surface area contributed by atoms with Gasteiger partial charge in [0.05, 0.1) is 26.2 Å². The van der Waals surface area contributed by atoms with Crippen molar-refractivity contribution in [3.8, 4) is 0 Å². The summed E-state index contributed by atoms with van der Waals surface area (Å²) in [4.78, 5) is 2.89. The van der Waals surface area contributed by atoms with Gasteiger partial charge in [0.25, 0.3) is 0 Å². The van der Waals surface area contributed by atoms with Crippen LogP contribution in [0.4, 0.5) is 0 Å². The van der Waals surface area contributed by atoms with Gasteiger partial charge in [-0.3, -0.25) is 4.90 Å². The minimum atomic E-state index is 0. The first kappa shape index (κ1) is 13.8. The van der Waals surface area contributed by atoms with Gasteiger partial charge < -0.3 is 9.96 Å². The summed E-state index contributed by atoms with van der Waals surface area (Å²) < 4.78 is 1.44. The van der Waals surface area contributed by atoms with Crippen LogP contribution < -0.4 is 0 Å². The van der Waals surface area contributed by atoms with E-state index >= 15 is 0 Å². The lowest BCUT2D eigenvalue weighted by atomic mass is 9.70. The summed E-state index contributed by atoms with van der Waals surface area (Å²) in [5.41, 5.74) is 0. The lowest BCUT2D eigenvalue weighted by Gasteiger charge is -2.60. The third-order valence-electron chi connectivity index (χ3n) is 6.70.